The highest BCUT2D eigenvalue weighted by Gasteiger charge is 2.33. The van der Waals surface area contributed by atoms with Crippen LogP contribution in [0.2, 0.25) is 0 Å². The van der Waals surface area contributed by atoms with E-state index in [-0.39, 0.29) is 17.1 Å². The molecule has 2 aromatic carbocycles. The average molecular weight is 400 g/mol. The van der Waals surface area contributed by atoms with Gasteiger partial charge >= 0.3 is 6.18 Å². The third-order valence-corrected chi connectivity index (χ3v) is 5.52. The van der Waals surface area contributed by atoms with Crippen LogP contribution < -0.4 is 9.62 Å². The molecule has 27 heavy (non-hydrogen) atoms. The number of hydrogen-bond acceptors (Lipinski definition) is 3. The first-order valence-electron chi connectivity index (χ1n) is 8.09. The van der Waals surface area contributed by atoms with Crippen LogP contribution in [0.3, 0.4) is 0 Å². The van der Waals surface area contributed by atoms with Crippen molar-refractivity contribution in [2.24, 2.45) is 0 Å². The zero-order valence-electron chi connectivity index (χ0n) is 14.7. The third-order valence-electron chi connectivity index (χ3n) is 3.73. The molecule has 2 rings (SSSR count). The molecule has 0 atom stereocenters. The lowest BCUT2D eigenvalue weighted by atomic mass is 10.2. The molecule has 2 aromatic rings. The number of nitrogens with one attached hydrogen (secondary N) is 1. The van der Waals surface area contributed by atoms with Crippen molar-refractivity contribution >= 4 is 21.6 Å². The van der Waals surface area contributed by atoms with E-state index in [1.165, 1.54) is 18.2 Å². The summed E-state index contributed by atoms with van der Waals surface area (Å²) in [5.74, 6) is -0.620. The maximum atomic E-state index is 13.0. The topological polar surface area (TPSA) is 66.5 Å². The molecule has 0 fully saturated rings. The number of benzene rings is 2. The van der Waals surface area contributed by atoms with Crippen LogP contribution in [0, 0.1) is 6.92 Å². The highest BCUT2D eigenvalue weighted by atomic mass is 32.2. The lowest BCUT2D eigenvalue weighted by molar-refractivity contribution is -0.137. The molecule has 0 saturated heterocycles. The minimum absolute atomic E-state index is 0.116. The number of rotatable bonds is 6. The van der Waals surface area contributed by atoms with Crippen molar-refractivity contribution in [2.45, 2.75) is 24.9 Å². The number of amides is 1. The SMILES string of the molecule is CCNC(=O)CN(c1cccc(C(F)(F)F)c1)S(=O)(=O)c1ccc(C)cc1. The smallest absolute Gasteiger partial charge is 0.355 e. The number of nitrogens with zero attached hydrogens (tertiary/aromatic N) is 1. The fourth-order valence-corrected chi connectivity index (χ4v) is 3.79. The van der Waals surface area contributed by atoms with Gasteiger partial charge in [-0.2, -0.15) is 13.2 Å². The Morgan fingerprint density at radius 2 is 1.74 bits per heavy atom. The number of sulfonamides is 1. The van der Waals surface area contributed by atoms with Crippen LogP contribution in [0.15, 0.2) is 53.4 Å². The highest BCUT2D eigenvalue weighted by Crippen LogP contribution is 2.33. The van der Waals surface area contributed by atoms with Crippen molar-refractivity contribution in [2.75, 3.05) is 17.4 Å². The molecule has 5 nitrogen and oxygen atoms in total. The summed E-state index contributed by atoms with van der Waals surface area (Å²) >= 11 is 0. The minimum atomic E-state index is -4.64. The molecule has 0 bridgehead atoms. The molecular formula is C18H19F3N2O3S. The normalized spacial score (nSPS) is 11.9. The molecule has 0 radical (unpaired) electrons. The maximum Gasteiger partial charge on any atom is 0.416 e. The van der Waals surface area contributed by atoms with Gasteiger partial charge in [0.2, 0.25) is 5.91 Å². The summed E-state index contributed by atoms with van der Waals surface area (Å²) in [6, 6.07) is 9.73. The van der Waals surface area contributed by atoms with Gasteiger partial charge in [0.25, 0.3) is 10.0 Å². The lowest BCUT2D eigenvalue weighted by Crippen LogP contribution is -2.40. The van der Waals surface area contributed by atoms with E-state index in [9.17, 15) is 26.4 Å². The van der Waals surface area contributed by atoms with E-state index in [1.54, 1.807) is 26.0 Å². The molecule has 9 heteroatoms. The van der Waals surface area contributed by atoms with Crippen molar-refractivity contribution in [3.63, 3.8) is 0 Å². The Kier molecular flexibility index (Phi) is 6.15. The van der Waals surface area contributed by atoms with E-state index >= 15 is 0 Å². The zero-order valence-corrected chi connectivity index (χ0v) is 15.6. The number of carbonyl (C=O) groups is 1. The van der Waals surface area contributed by atoms with E-state index in [4.69, 9.17) is 0 Å². The molecule has 0 aliphatic heterocycles. The average Bonchev–Trinajstić information content (AvgIpc) is 2.59. The fourth-order valence-electron chi connectivity index (χ4n) is 2.37. The van der Waals surface area contributed by atoms with E-state index in [0.29, 0.717) is 10.4 Å². The van der Waals surface area contributed by atoms with Crippen LogP contribution in [0.5, 0.6) is 0 Å². The second kappa shape index (κ2) is 7.99. The summed E-state index contributed by atoms with van der Waals surface area (Å²) < 4.78 is 65.8. The van der Waals surface area contributed by atoms with Gasteiger partial charge in [-0.1, -0.05) is 23.8 Å². The predicted molar refractivity (Wildman–Crippen MR) is 95.8 cm³/mol. The molecule has 0 spiro atoms. The van der Waals surface area contributed by atoms with Crippen molar-refractivity contribution in [1.29, 1.82) is 0 Å². The van der Waals surface area contributed by atoms with Gasteiger partial charge in [-0.3, -0.25) is 9.10 Å². The van der Waals surface area contributed by atoms with Crippen LogP contribution in [0.4, 0.5) is 18.9 Å². The first-order chi connectivity index (χ1) is 12.6. The van der Waals surface area contributed by atoms with E-state index < -0.39 is 34.2 Å². The largest absolute Gasteiger partial charge is 0.416 e. The molecule has 0 aliphatic carbocycles. The standard InChI is InChI=1S/C18H19F3N2O3S/c1-3-22-17(24)12-23(15-6-4-5-14(11-15)18(19,20)21)27(25,26)16-9-7-13(2)8-10-16/h4-11H,3,12H2,1-2H3,(H,22,24). The molecule has 0 aliphatic rings. The molecule has 0 unspecified atom stereocenters. The molecule has 146 valence electrons. The Balaban J connectivity index is 2.55. The van der Waals surface area contributed by atoms with Crippen LogP contribution in [-0.2, 0) is 21.0 Å². The van der Waals surface area contributed by atoms with Crippen molar-refractivity contribution in [1.82, 2.24) is 5.32 Å². The number of alkyl halides is 3. The highest BCUT2D eigenvalue weighted by molar-refractivity contribution is 7.92. The Labute approximate surface area is 155 Å². The van der Waals surface area contributed by atoms with Crippen molar-refractivity contribution < 1.29 is 26.4 Å². The van der Waals surface area contributed by atoms with Crippen LogP contribution in [-0.4, -0.2) is 27.4 Å². The monoisotopic (exact) mass is 400 g/mol. The molecule has 1 amide bonds. The first-order valence-corrected chi connectivity index (χ1v) is 9.53. The Morgan fingerprint density at radius 3 is 2.30 bits per heavy atom. The lowest BCUT2D eigenvalue weighted by Gasteiger charge is -2.25. The first kappa shape index (κ1) is 20.8. The summed E-state index contributed by atoms with van der Waals surface area (Å²) in [4.78, 5) is 11.9. The predicted octanol–water partition coefficient (Wildman–Crippen LogP) is 3.35. The van der Waals surface area contributed by atoms with Gasteiger partial charge < -0.3 is 5.32 Å². The third kappa shape index (κ3) is 5.00. The van der Waals surface area contributed by atoms with Gasteiger partial charge in [0.15, 0.2) is 0 Å². The number of aryl methyl sites for hydroxylation is 1. The number of likely N-dealkylation sites (N-methyl/N-ethyl adjacent to an activating group) is 1. The Bertz CT molecular complexity index is 910. The van der Waals surface area contributed by atoms with Crippen molar-refractivity contribution in [3.05, 3.63) is 59.7 Å². The molecular weight excluding hydrogens is 381 g/mol. The summed E-state index contributed by atoms with van der Waals surface area (Å²) in [5.41, 5.74) is -0.417. The van der Waals surface area contributed by atoms with Crippen molar-refractivity contribution in [3.8, 4) is 0 Å². The van der Waals surface area contributed by atoms with Gasteiger partial charge in [0, 0.05) is 6.54 Å². The Hall–Kier alpha value is -2.55. The van der Waals surface area contributed by atoms with Gasteiger partial charge in [-0.15, -0.1) is 0 Å². The summed E-state index contributed by atoms with van der Waals surface area (Å²) in [5, 5.41) is 2.46. The van der Waals surface area contributed by atoms with Crippen LogP contribution in [0.25, 0.3) is 0 Å². The maximum absolute atomic E-state index is 13.0. The summed E-state index contributed by atoms with van der Waals surface area (Å²) in [6.07, 6.45) is -4.64. The quantitative estimate of drug-likeness (QED) is 0.809. The minimum Gasteiger partial charge on any atom is -0.355 e. The van der Waals surface area contributed by atoms with Gasteiger partial charge in [-0.25, -0.2) is 8.42 Å². The Morgan fingerprint density at radius 1 is 1.11 bits per heavy atom. The van der Waals surface area contributed by atoms with E-state index in [0.717, 1.165) is 17.7 Å². The van der Waals surface area contributed by atoms with Gasteiger partial charge in [0.1, 0.15) is 6.54 Å². The number of anilines is 1. The van der Waals surface area contributed by atoms with Crippen LogP contribution >= 0.6 is 0 Å². The number of hydrogen-bond donors (Lipinski definition) is 1. The van der Waals surface area contributed by atoms with Gasteiger partial charge in [0.05, 0.1) is 16.1 Å². The molecule has 0 saturated carbocycles. The summed E-state index contributed by atoms with van der Waals surface area (Å²) in [7, 11) is -4.24. The zero-order chi connectivity index (χ0) is 20.2. The van der Waals surface area contributed by atoms with E-state index in [1.807, 2.05) is 0 Å². The molecule has 0 aromatic heterocycles. The molecule has 0 heterocycles. The van der Waals surface area contributed by atoms with Gasteiger partial charge in [-0.05, 0) is 44.2 Å². The van der Waals surface area contributed by atoms with Crippen LogP contribution in [0.1, 0.15) is 18.1 Å². The molecule has 1 N–H and O–H groups in total. The number of halogens is 3. The number of carbonyl (C=O) groups excluding carboxylic acids is 1. The second-order valence-electron chi connectivity index (χ2n) is 5.83. The summed E-state index contributed by atoms with van der Waals surface area (Å²) in [6.45, 7) is 3.06. The van der Waals surface area contributed by atoms with E-state index in [2.05, 4.69) is 5.32 Å². The second-order valence-corrected chi connectivity index (χ2v) is 7.69. The fraction of sp³-hybridized carbons (Fsp3) is 0.278.